The highest BCUT2D eigenvalue weighted by Crippen LogP contribution is 2.36. The van der Waals surface area contributed by atoms with E-state index in [1.54, 1.807) is 0 Å². The average Bonchev–Trinajstić information content (AvgIpc) is 2.80. The summed E-state index contributed by atoms with van der Waals surface area (Å²) in [4.78, 5) is 0. The van der Waals surface area contributed by atoms with Crippen molar-refractivity contribution < 1.29 is 0 Å². The van der Waals surface area contributed by atoms with Crippen LogP contribution in [0.5, 0.6) is 0 Å². The summed E-state index contributed by atoms with van der Waals surface area (Å²) in [5, 5.41) is 3.95. The number of rotatable bonds is 7. The fourth-order valence-corrected chi connectivity index (χ4v) is 4.80. The van der Waals surface area contributed by atoms with Crippen molar-refractivity contribution in [2.75, 3.05) is 6.54 Å². The largest absolute Gasteiger partial charge is 0.314 e. The summed E-state index contributed by atoms with van der Waals surface area (Å²) < 4.78 is 0. The zero-order valence-corrected chi connectivity index (χ0v) is 14.7. The molecule has 21 heavy (non-hydrogen) atoms. The molecule has 2 fully saturated rings. The van der Waals surface area contributed by atoms with E-state index >= 15 is 0 Å². The van der Waals surface area contributed by atoms with Crippen LogP contribution in [0.15, 0.2) is 0 Å². The molecule has 0 aromatic heterocycles. The second-order valence-electron chi connectivity index (χ2n) is 7.85. The van der Waals surface area contributed by atoms with Crippen LogP contribution in [0.25, 0.3) is 0 Å². The molecule has 1 heteroatoms. The first kappa shape index (κ1) is 17.3. The molecule has 1 nitrogen and oxygen atoms in total. The van der Waals surface area contributed by atoms with Gasteiger partial charge in [0, 0.05) is 6.04 Å². The molecule has 3 atom stereocenters. The van der Waals surface area contributed by atoms with E-state index in [0.717, 1.165) is 23.8 Å². The molecule has 0 aromatic carbocycles. The van der Waals surface area contributed by atoms with Gasteiger partial charge in [-0.15, -0.1) is 0 Å². The first-order chi connectivity index (χ1) is 10.3. The molecule has 0 aromatic rings. The predicted molar refractivity (Wildman–Crippen MR) is 93.6 cm³/mol. The van der Waals surface area contributed by atoms with E-state index in [2.05, 4.69) is 19.2 Å². The van der Waals surface area contributed by atoms with Gasteiger partial charge in [-0.05, 0) is 50.0 Å². The molecule has 2 saturated carbocycles. The lowest BCUT2D eigenvalue weighted by Crippen LogP contribution is -2.40. The molecule has 0 bridgehead atoms. The second-order valence-corrected chi connectivity index (χ2v) is 7.85. The van der Waals surface area contributed by atoms with E-state index in [1.165, 1.54) is 90.0 Å². The molecule has 124 valence electrons. The Hall–Kier alpha value is -0.0400. The summed E-state index contributed by atoms with van der Waals surface area (Å²) >= 11 is 0. The number of hydrogen-bond donors (Lipinski definition) is 1. The van der Waals surface area contributed by atoms with Gasteiger partial charge in [-0.2, -0.15) is 0 Å². The zero-order valence-electron chi connectivity index (χ0n) is 14.7. The van der Waals surface area contributed by atoms with Crippen molar-refractivity contribution in [3.8, 4) is 0 Å². The van der Waals surface area contributed by atoms with Gasteiger partial charge in [-0.3, -0.25) is 0 Å². The number of nitrogens with one attached hydrogen (secondary N) is 1. The Kier molecular flexibility index (Phi) is 8.14. The van der Waals surface area contributed by atoms with Crippen LogP contribution in [0.4, 0.5) is 0 Å². The quantitative estimate of drug-likeness (QED) is 0.573. The fraction of sp³-hybridized carbons (Fsp3) is 1.00. The molecule has 0 amide bonds. The van der Waals surface area contributed by atoms with Gasteiger partial charge in [0.25, 0.3) is 0 Å². The standard InChI is InChI=1S/C20H39N/c1-3-14-21-20(16-18-10-7-5-6-8-11-18)19-13-9-12-17(4-2)15-19/h17-21H,3-16H2,1-2H3. The van der Waals surface area contributed by atoms with Crippen LogP contribution < -0.4 is 5.32 Å². The minimum absolute atomic E-state index is 0.822. The van der Waals surface area contributed by atoms with Crippen LogP contribution in [0, 0.1) is 17.8 Å². The van der Waals surface area contributed by atoms with E-state index in [4.69, 9.17) is 0 Å². The molecule has 0 heterocycles. The van der Waals surface area contributed by atoms with Crippen LogP contribution >= 0.6 is 0 Å². The van der Waals surface area contributed by atoms with Gasteiger partial charge >= 0.3 is 0 Å². The highest BCUT2D eigenvalue weighted by atomic mass is 14.9. The summed E-state index contributed by atoms with van der Waals surface area (Å²) in [5.74, 6) is 3.01. The van der Waals surface area contributed by atoms with Gasteiger partial charge in [0.2, 0.25) is 0 Å². The van der Waals surface area contributed by atoms with E-state index < -0.39 is 0 Å². The normalized spacial score (nSPS) is 30.0. The van der Waals surface area contributed by atoms with Crippen molar-refractivity contribution in [2.45, 2.75) is 103 Å². The molecule has 2 aliphatic carbocycles. The summed E-state index contributed by atoms with van der Waals surface area (Å²) in [6.07, 6.45) is 19.1. The van der Waals surface area contributed by atoms with Crippen molar-refractivity contribution in [3.05, 3.63) is 0 Å². The lowest BCUT2D eigenvalue weighted by Gasteiger charge is -2.36. The van der Waals surface area contributed by atoms with Gasteiger partial charge in [0.15, 0.2) is 0 Å². The van der Waals surface area contributed by atoms with E-state index in [-0.39, 0.29) is 0 Å². The van der Waals surface area contributed by atoms with Gasteiger partial charge in [0.1, 0.15) is 0 Å². The molecule has 2 aliphatic rings. The minimum atomic E-state index is 0.822. The van der Waals surface area contributed by atoms with Crippen molar-refractivity contribution in [3.63, 3.8) is 0 Å². The molecule has 2 rings (SSSR count). The van der Waals surface area contributed by atoms with Crippen molar-refractivity contribution in [1.29, 1.82) is 0 Å². The third-order valence-electron chi connectivity index (χ3n) is 6.19. The topological polar surface area (TPSA) is 12.0 Å². The summed E-state index contributed by atoms with van der Waals surface area (Å²) in [6, 6.07) is 0.822. The van der Waals surface area contributed by atoms with Crippen LogP contribution in [-0.4, -0.2) is 12.6 Å². The molecule has 0 saturated heterocycles. The zero-order chi connectivity index (χ0) is 14.9. The first-order valence-electron chi connectivity index (χ1n) is 10.1. The highest BCUT2D eigenvalue weighted by molar-refractivity contribution is 4.84. The maximum Gasteiger partial charge on any atom is 0.00980 e. The first-order valence-corrected chi connectivity index (χ1v) is 10.1. The Morgan fingerprint density at radius 3 is 2.24 bits per heavy atom. The summed E-state index contributed by atoms with van der Waals surface area (Å²) in [6.45, 7) is 5.93. The van der Waals surface area contributed by atoms with Crippen LogP contribution in [0.2, 0.25) is 0 Å². The summed E-state index contributed by atoms with van der Waals surface area (Å²) in [5.41, 5.74) is 0. The Morgan fingerprint density at radius 2 is 1.57 bits per heavy atom. The summed E-state index contributed by atoms with van der Waals surface area (Å²) in [7, 11) is 0. The highest BCUT2D eigenvalue weighted by Gasteiger charge is 2.29. The minimum Gasteiger partial charge on any atom is -0.314 e. The van der Waals surface area contributed by atoms with Gasteiger partial charge in [0.05, 0.1) is 0 Å². The molecular formula is C20H39N. The van der Waals surface area contributed by atoms with Crippen molar-refractivity contribution in [2.24, 2.45) is 17.8 Å². The second kappa shape index (κ2) is 9.87. The maximum atomic E-state index is 3.95. The predicted octanol–water partition coefficient (Wildman–Crippen LogP) is 5.93. The molecule has 0 aliphatic heterocycles. The molecular weight excluding hydrogens is 254 g/mol. The van der Waals surface area contributed by atoms with Gasteiger partial charge in [-0.1, -0.05) is 71.6 Å². The van der Waals surface area contributed by atoms with Crippen LogP contribution in [-0.2, 0) is 0 Å². The Labute approximate surface area is 133 Å². The Balaban J connectivity index is 1.89. The monoisotopic (exact) mass is 293 g/mol. The smallest absolute Gasteiger partial charge is 0.00980 e. The third kappa shape index (κ3) is 5.93. The average molecular weight is 294 g/mol. The molecule has 1 N–H and O–H groups in total. The van der Waals surface area contributed by atoms with Gasteiger partial charge in [-0.25, -0.2) is 0 Å². The third-order valence-corrected chi connectivity index (χ3v) is 6.19. The van der Waals surface area contributed by atoms with E-state index in [0.29, 0.717) is 0 Å². The van der Waals surface area contributed by atoms with Crippen molar-refractivity contribution in [1.82, 2.24) is 5.32 Å². The Morgan fingerprint density at radius 1 is 0.857 bits per heavy atom. The lowest BCUT2D eigenvalue weighted by molar-refractivity contribution is 0.184. The van der Waals surface area contributed by atoms with E-state index in [1.807, 2.05) is 0 Å². The van der Waals surface area contributed by atoms with Crippen LogP contribution in [0.3, 0.4) is 0 Å². The van der Waals surface area contributed by atoms with E-state index in [9.17, 15) is 0 Å². The Bertz CT molecular complexity index is 255. The van der Waals surface area contributed by atoms with Gasteiger partial charge < -0.3 is 5.32 Å². The molecule has 3 unspecified atom stereocenters. The van der Waals surface area contributed by atoms with Crippen LogP contribution in [0.1, 0.15) is 97.3 Å². The lowest BCUT2D eigenvalue weighted by atomic mass is 9.74. The fourth-order valence-electron chi connectivity index (χ4n) is 4.80. The maximum absolute atomic E-state index is 3.95. The van der Waals surface area contributed by atoms with Crippen molar-refractivity contribution >= 4 is 0 Å². The SMILES string of the molecule is CCCNC(CC1CCCCCC1)C1CCCC(CC)C1. The molecule has 0 spiro atoms. The molecule has 0 radical (unpaired) electrons. The number of hydrogen-bond acceptors (Lipinski definition) is 1.